The Morgan fingerprint density at radius 1 is 0.930 bits per heavy atom. The molecule has 1 fully saturated rings. The van der Waals surface area contributed by atoms with E-state index in [1.54, 1.807) is 47.8 Å². The highest BCUT2D eigenvalue weighted by atomic mass is 35.5. The number of benzene rings is 3. The van der Waals surface area contributed by atoms with E-state index in [0.717, 1.165) is 85.1 Å². The van der Waals surface area contributed by atoms with E-state index < -0.39 is 28.9 Å². The van der Waals surface area contributed by atoms with Crippen molar-refractivity contribution in [2.45, 2.75) is 90.3 Å². The quantitative estimate of drug-likeness (QED) is 0.0486. The van der Waals surface area contributed by atoms with E-state index in [1.807, 2.05) is 74.5 Å². The van der Waals surface area contributed by atoms with Crippen molar-refractivity contribution in [1.82, 2.24) is 9.97 Å². The van der Waals surface area contributed by atoms with Crippen molar-refractivity contribution in [3.63, 3.8) is 0 Å². The maximum Gasteiger partial charge on any atom is 0.311 e. The number of carboxylic acid groups (broad SMARTS) is 1. The number of aliphatic hydroxyl groups is 1. The SMILES string of the molecule is CC(=O)Oc1ccc(C(C(=O)O)C2(CSCC[C@H](c3cccc(C=Cc4ccc5sc(Cl)c(Cl)c5n4)c3)c3ccccc3C(C)(C)O)CC2)cc1COc1c2ccocc-2cc1-c1nc(C(C)(C)C)cs1. The first-order chi connectivity index (χ1) is 33.9. The third-order valence-electron chi connectivity index (χ3n) is 13.1. The summed E-state index contributed by atoms with van der Waals surface area (Å²) in [7, 11) is 0. The zero-order chi connectivity index (χ0) is 50.2. The number of hydrogen-bond donors (Lipinski definition) is 2. The minimum Gasteiger partial charge on any atom is -0.487 e. The number of fused-ring (bicyclic) bond motifs is 2. The highest BCUT2D eigenvalue weighted by molar-refractivity contribution is 7.99. The lowest BCUT2D eigenvalue weighted by molar-refractivity contribution is -0.140. The minimum absolute atomic E-state index is 0.0106. The van der Waals surface area contributed by atoms with E-state index >= 15 is 0 Å². The summed E-state index contributed by atoms with van der Waals surface area (Å²) in [5, 5.41) is 25.7. The standard InChI is InChI=1S/C57H54Cl2N2O7S3/c1-33(62)68-45-18-15-36(27-38(45)30-67-51-41-20-24-66-29-37(41)28-43(51)53-61-47(31-70-53)55(2,3)4)48(54(63)64)57(22-23-57)32-69-25-21-40(42-12-7-8-13-44(42)56(5,6)65)35-11-9-10-34(26-35)14-16-39-17-19-46-50(60-39)49(58)52(59)71-46/h7-20,24,26-29,31,40,48,65H,21-23,25,30,32H2,1-6H3,(H,63,64)/t40-,48?/m1/s1. The fourth-order valence-electron chi connectivity index (χ4n) is 9.28. The van der Waals surface area contributed by atoms with Crippen LogP contribution in [0.1, 0.15) is 117 Å². The molecular weight excluding hydrogens is 992 g/mol. The molecule has 366 valence electrons. The lowest BCUT2D eigenvalue weighted by atomic mass is 9.81. The molecule has 1 unspecified atom stereocenters. The molecule has 3 aromatic carbocycles. The van der Waals surface area contributed by atoms with Gasteiger partial charge in [-0.25, -0.2) is 9.97 Å². The second kappa shape index (κ2) is 20.6. The average molecular weight is 1050 g/mol. The molecule has 1 aliphatic heterocycles. The van der Waals surface area contributed by atoms with Crippen LogP contribution in [0.3, 0.4) is 0 Å². The monoisotopic (exact) mass is 1040 g/mol. The molecule has 0 bridgehead atoms. The fourth-order valence-corrected chi connectivity index (χ4v) is 13.2. The number of ether oxygens (including phenoxy) is 2. The summed E-state index contributed by atoms with van der Waals surface area (Å²) in [6.07, 6.45) is 9.55. The van der Waals surface area contributed by atoms with Crippen LogP contribution in [0, 0.1) is 5.41 Å². The highest BCUT2D eigenvalue weighted by Crippen LogP contribution is 2.58. The van der Waals surface area contributed by atoms with Crippen molar-refractivity contribution < 1.29 is 33.7 Å². The van der Waals surface area contributed by atoms with Crippen LogP contribution in [0.15, 0.2) is 113 Å². The van der Waals surface area contributed by atoms with Crippen molar-refractivity contribution in [3.05, 3.63) is 163 Å². The number of thioether (sulfide) groups is 1. The Balaban J connectivity index is 0.952. The number of hydrogen-bond acceptors (Lipinski definition) is 11. The maximum atomic E-state index is 13.4. The molecule has 1 saturated carbocycles. The molecule has 0 amide bonds. The molecule has 3 aliphatic rings. The molecule has 3 aromatic heterocycles. The van der Waals surface area contributed by atoms with Gasteiger partial charge in [-0.15, -0.1) is 22.7 Å². The molecule has 14 heteroatoms. The van der Waals surface area contributed by atoms with Crippen LogP contribution in [0.25, 0.3) is 44.1 Å². The summed E-state index contributed by atoms with van der Waals surface area (Å²) in [6, 6.07) is 29.6. The van der Waals surface area contributed by atoms with Gasteiger partial charge in [0.15, 0.2) is 0 Å². The van der Waals surface area contributed by atoms with Crippen LogP contribution in [0.5, 0.6) is 11.5 Å². The van der Waals surface area contributed by atoms with E-state index in [9.17, 15) is 19.8 Å². The third-order valence-corrected chi connectivity index (χ3v) is 17.2. The Hall–Kier alpha value is -5.47. The Morgan fingerprint density at radius 3 is 2.46 bits per heavy atom. The molecule has 0 radical (unpaired) electrons. The zero-order valence-corrected chi connectivity index (χ0v) is 44.2. The van der Waals surface area contributed by atoms with E-state index in [1.165, 1.54) is 18.3 Å². The number of aromatic nitrogens is 2. The normalized spacial score (nSPS) is 14.5. The summed E-state index contributed by atoms with van der Waals surface area (Å²) in [4.78, 5) is 35.5. The fraction of sp³-hybridized carbons (Fsp3) is 0.298. The van der Waals surface area contributed by atoms with Gasteiger partial charge in [0.1, 0.15) is 33.0 Å². The molecule has 6 aromatic rings. The van der Waals surface area contributed by atoms with Gasteiger partial charge in [0.2, 0.25) is 0 Å². The van der Waals surface area contributed by atoms with Crippen molar-refractivity contribution in [2.24, 2.45) is 5.41 Å². The molecule has 4 heterocycles. The number of rotatable bonds is 18. The number of carbonyl (C=O) groups excluding carboxylic acids is 1. The Labute approximate surface area is 436 Å². The van der Waals surface area contributed by atoms with Crippen LogP contribution >= 0.6 is 57.6 Å². The molecule has 2 atom stereocenters. The lowest BCUT2D eigenvalue weighted by Crippen LogP contribution is -2.25. The summed E-state index contributed by atoms with van der Waals surface area (Å²) < 4.78 is 19.3. The molecule has 0 saturated heterocycles. The van der Waals surface area contributed by atoms with Gasteiger partial charge in [-0.3, -0.25) is 9.59 Å². The number of carboxylic acids is 1. The van der Waals surface area contributed by atoms with Gasteiger partial charge in [0.25, 0.3) is 0 Å². The van der Waals surface area contributed by atoms with Gasteiger partial charge < -0.3 is 24.1 Å². The van der Waals surface area contributed by atoms with Crippen LogP contribution in [-0.4, -0.2) is 43.6 Å². The van der Waals surface area contributed by atoms with Crippen LogP contribution in [0.2, 0.25) is 9.36 Å². The first-order valence-corrected chi connectivity index (χ1v) is 27.0. The second-order valence-electron chi connectivity index (χ2n) is 19.8. The van der Waals surface area contributed by atoms with Gasteiger partial charge in [0.05, 0.1) is 50.7 Å². The zero-order valence-electron chi connectivity index (χ0n) is 40.3. The highest BCUT2D eigenvalue weighted by Gasteiger charge is 2.53. The molecule has 9 rings (SSSR count). The summed E-state index contributed by atoms with van der Waals surface area (Å²) in [6.45, 7) is 11.4. The van der Waals surface area contributed by atoms with Gasteiger partial charge in [-0.2, -0.15) is 11.8 Å². The van der Waals surface area contributed by atoms with Crippen molar-refractivity contribution >= 4 is 91.9 Å². The largest absolute Gasteiger partial charge is 0.487 e. The first-order valence-electron chi connectivity index (χ1n) is 23.4. The van der Waals surface area contributed by atoms with Crippen LogP contribution in [-0.2, 0) is 27.2 Å². The second-order valence-corrected chi connectivity index (χ2v) is 23.8. The van der Waals surface area contributed by atoms with E-state index in [0.29, 0.717) is 43.3 Å². The van der Waals surface area contributed by atoms with E-state index in [-0.39, 0.29) is 17.9 Å². The Bertz CT molecular complexity index is 3250. The first kappa shape index (κ1) is 50.5. The number of nitrogens with zero attached hydrogens (tertiary/aromatic N) is 2. The predicted molar refractivity (Wildman–Crippen MR) is 290 cm³/mol. The maximum absolute atomic E-state index is 13.4. The summed E-state index contributed by atoms with van der Waals surface area (Å²) >= 11 is 17.4. The third kappa shape index (κ3) is 11.1. The van der Waals surface area contributed by atoms with Crippen molar-refractivity contribution in [2.75, 3.05) is 11.5 Å². The number of aliphatic carboxylic acids is 1. The number of thiophene rings is 1. The number of halogens is 2. The minimum atomic E-state index is -1.08. The van der Waals surface area contributed by atoms with Gasteiger partial charge in [-0.1, -0.05) is 105 Å². The van der Waals surface area contributed by atoms with Gasteiger partial charge in [0, 0.05) is 46.1 Å². The Morgan fingerprint density at radius 2 is 1.73 bits per heavy atom. The van der Waals surface area contributed by atoms with Gasteiger partial charge >= 0.3 is 11.9 Å². The topological polar surface area (TPSA) is 132 Å². The van der Waals surface area contributed by atoms with Crippen molar-refractivity contribution in [1.29, 1.82) is 0 Å². The molecule has 2 N–H and O–H groups in total. The van der Waals surface area contributed by atoms with Gasteiger partial charge in [-0.05, 0) is 115 Å². The summed E-state index contributed by atoms with van der Waals surface area (Å²) in [5.74, 6) is 0.0488. The lowest BCUT2D eigenvalue weighted by Gasteiger charge is -2.28. The van der Waals surface area contributed by atoms with E-state index in [4.69, 9.17) is 47.1 Å². The average Bonchev–Trinajstić information content (AvgIpc) is 3.60. The molecule has 2 aliphatic carbocycles. The Kier molecular flexibility index (Phi) is 14.6. The van der Waals surface area contributed by atoms with Crippen molar-refractivity contribution in [3.8, 4) is 33.2 Å². The number of esters is 1. The molecule has 71 heavy (non-hydrogen) atoms. The molecule has 0 spiro atoms. The number of thiazole rings is 1. The number of carbonyl (C=O) groups is 2. The number of pyridine rings is 1. The van der Waals surface area contributed by atoms with Crippen LogP contribution < -0.4 is 9.47 Å². The molecular formula is C57H54Cl2N2O7S3. The van der Waals surface area contributed by atoms with E-state index in [2.05, 4.69) is 56.5 Å². The smallest absolute Gasteiger partial charge is 0.311 e. The van der Waals surface area contributed by atoms with Crippen LogP contribution in [0.4, 0.5) is 0 Å². The predicted octanol–water partition coefficient (Wildman–Crippen LogP) is 15.5. The summed E-state index contributed by atoms with van der Waals surface area (Å²) in [5.41, 5.74) is 8.42. The molecule has 9 nitrogen and oxygen atoms in total.